The van der Waals surface area contributed by atoms with E-state index in [-0.39, 0.29) is 17.3 Å². The van der Waals surface area contributed by atoms with Gasteiger partial charge in [0.05, 0.1) is 11.9 Å². The van der Waals surface area contributed by atoms with Crippen molar-refractivity contribution in [1.29, 1.82) is 0 Å². The van der Waals surface area contributed by atoms with Crippen LogP contribution in [-0.2, 0) is 6.42 Å². The van der Waals surface area contributed by atoms with Crippen LogP contribution in [0.15, 0.2) is 24.4 Å². The maximum atomic E-state index is 14.4. The Morgan fingerprint density at radius 1 is 1.12 bits per heavy atom. The van der Waals surface area contributed by atoms with Gasteiger partial charge >= 0.3 is 6.01 Å². The van der Waals surface area contributed by atoms with Gasteiger partial charge in [0.1, 0.15) is 17.4 Å². The minimum absolute atomic E-state index is 0.122. The lowest BCUT2D eigenvalue weighted by Crippen LogP contribution is -2.30. The van der Waals surface area contributed by atoms with Crippen molar-refractivity contribution in [2.24, 2.45) is 11.1 Å². The van der Waals surface area contributed by atoms with Crippen LogP contribution in [0.1, 0.15) is 40.9 Å². The van der Waals surface area contributed by atoms with Gasteiger partial charge in [-0.1, -0.05) is 0 Å². The first-order valence-electron chi connectivity index (χ1n) is 11.1. The summed E-state index contributed by atoms with van der Waals surface area (Å²) in [5.41, 5.74) is 13.4. The zero-order chi connectivity index (χ0) is 22.2. The van der Waals surface area contributed by atoms with Gasteiger partial charge in [-0.25, -0.2) is 4.39 Å². The van der Waals surface area contributed by atoms with Crippen LogP contribution in [0.2, 0.25) is 0 Å². The van der Waals surface area contributed by atoms with Gasteiger partial charge in [-0.3, -0.25) is 4.98 Å². The Morgan fingerprint density at radius 3 is 2.66 bits per heavy atom. The van der Waals surface area contributed by atoms with Crippen LogP contribution < -0.4 is 15.4 Å². The van der Waals surface area contributed by atoms with E-state index in [0.29, 0.717) is 18.2 Å². The molecule has 1 atom stereocenters. The first-order chi connectivity index (χ1) is 15.3. The summed E-state index contributed by atoms with van der Waals surface area (Å²) < 4.78 is 20.4. The summed E-state index contributed by atoms with van der Waals surface area (Å²) in [4.78, 5) is 16.2. The molecule has 1 spiro atoms. The fourth-order valence-electron chi connectivity index (χ4n) is 5.17. The van der Waals surface area contributed by atoms with E-state index < -0.39 is 0 Å². The Kier molecular flexibility index (Phi) is 4.12. The van der Waals surface area contributed by atoms with Crippen LogP contribution in [0.5, 0.6) is 11.8 Å². The molecular formula is C25H26FN5O. The number of anilines is 1. The van der Waals surface area contributed by atoms with Crippen molar-refractivity contribution < 1.29 is 9.13 Å². The largest absolute Gasteiger partial charge is 0.423 e. The number of nitrogens with zero attached hydrogens (tertiary/aromatic N) is 4. The van der Waals surface area contributed by atoms with Crippen LogP contribution >= 0.6 is 0 Å². The maximum Gasteiger partial charge on any atom is 0.324 e. The number of aryl methyl sites for hydroxylation is 3. The molecule has 0 amide bonds. The average Bonchev–Trinajstić information content (AvgIpc) is 3.32. The molecule has 6 rings (SSSR count). The SMILES string of the molecule is Cc1cc(Oc2nc3c(c(N4C[C@H](N)C5(CC5)C4)n2)-c2cc(F)cc(C)c2C3)cnc1C. The second-order valence-electron chi connectivity index (χ2n) is 9.60. The molecule has 0 radical (unpaired) electrons. The minimum Gasteiger partial charge on any atom is -0.423 e. The number of pyridine rings is 1. The fraction of sp³-hybridized carbons (Fsp3) is 0.400. The summed E-state index contributed by atoms with van der Waals surface area (Å²) in [7, 11) is 0. The van der Waals surface area contributed by atoms with Crippen LogP contribution in [0.4, 0.5) is 10.2 Å². The smallest absolute Gasteiger partial charge is 0.324 e. The van der Waals surface area contributed by atoms with Crippen LogP contribution in [0, 0.1) is 32.0 Å². The summed E-state index contributed by atoms with van der Waals surface area (Å²) in [6, 6.07) is 5.55. The third-order valence-corrected chi connectivity index (χ3v) is 7.42. The number of aromatic nitrogens is 3. The van der Waals surface area contributed by atoms with E-state index in [0.717, 1.165) is 71.0 Å². The molecule has 1 saturated heterocycles. The Labute approximate surface area is 186 Å². The molecule has 6 nitrogen and oxygen atoms in total. The summed E-state index contributed by atoms with van der Waals surface area (Å²) in [6.07, 6.45) is 4.64. The van der Waals surface area contributed by atoms with E-state index >= 15 is 0 Å². The van der Waals surface area contributed by atoms with Gasteiger partial charge < -0.3 is 15.4 Å². The third kappa shape index (κ3) is 2.98. The van der Waals surface area contributed by atoms with Gasteiger partial charge in [0.25, 0.3) is 0 Å². The Bertz CT molecular complexity index is 1270. The lowest BCUT2D eigenvalue weighted by molar-refractivity contribution is 0.437. The molecule has 3 aromatic rings. The Balaban J connectivity index is 1.47. The molecule has 2 aromatic heterocycles. The maximum absolute atomic E-state index is 14.4. The van der Waals surface area contributed by atoms with E-state index in [1.807, 2.05) is 26.8 Å². The number of halogens is 1. The lowest BCUT2D eigenvalue weighted by Gasteiger charge is -2.21. The van der Waals surface area contributed by atoms with Gasteiger partial charge in [-0.2, -0.15) is 9.97 Å². The summed E-state index contributed by atoms with van der Waals surface area (Å²) in [5.74, 6) is 1.16. The summed E-state index contributed by atoms with van der Waals surface area (Å²) in [6.45, 7) is 7.51. The van der Waals surface area contributed by atoms with Gasteiger partial charge in [0.15, 0.2) is 0 Å². The average molecular weight is 432 g/mol. The number of ether oxygens (including phenoxy) is 1. The van der Waals surface area contributed by atoms with E-state index in [4.69, 9.17) is 20.4 Å². The molecule has 2 N–H and O–H groups in total. The predicted molar refractivity (Wildman–Crippen MR) is 121 cm³/mol. The van der Waals surface area contributed by atoms with E-state index in [2.05, 4.69) is 9.88 Å². The van der Waals surface area contributed by atoms with Crippen LogP contribution in [-0.4, -0.2) is 34.1 Å². The van der Waals surface area contributed by atoms with Gasteiger partial charge in [-0.15, -0.1) is 0 Å². The molecule has 1 aromatic carbocycles. The first kappa shape index (κ1) is 19.6. The lowest BCUT2D eigenvalue weighted by atomic mass is 10.0. The van der Waals surface area contributed by atoms with E-state index in [1.54, 1.807) is 18.3 Å². The highest BCUT2D eigenvalue weighted by atomic mass is 19.1. The number of benzene rings is 1. The molecule has 0 bridgehead atoms. The third-order valence-electron chi connectivity index (χ3n) is 7.42. The quantitative estimate of drug-likeness (QED) is 0.523. The molecule has 3 heterocycles. The van der Waals surface area contributed by atoms with Crippen LogP contribution in [0.3, 0.4) is 0 Å². The summed E-state index contributed by atoms with van der Waals surface area (Å²) >= 11 is 0. The second-order valence-corrected chi connectivity index (χ2v) is 9.60. The second kappa shape index (κ2) is 6.72. The highest BCUT2D eigenvalue weighted by Gasteiger charge is 2.54. The highest BCUT2D eigenvalue weighted by Crippen LogP contribution is 2.54. The first-order valence-corrected chi connectivity index (χ1v) is 11.1. The normalized spacial score (nSPS) is 19.9. The van der Waals surface area contributed by atoms with E-state index in [1.165, 1.54) is 0 Å². The fourth-order valence-corrected chi connectivity index (χ4v) is 5.17. The number of hydrogen-bond donors (Lipinski definition) is 1. The molecule has 1 aliphatic heterocycles. The van der Waals surface area contributed by atoms with Crippen LogP contribution in [0.25, 0.3) is 11.1 Å². The molecule has 2 fully saturated rings. The molecule has 0 unspecified atom stereocenters. The van der Waals surface area contributed by atoms with Crippen molar-refractivity contribution in [3.63, 3.8) is 0 Å². The zero-order valence-electron chi connectivity index (χ0n) is 18.6. The zero-order valence-corrected chi connectivity index (χ0v) is 18.6. The Morgan fingerprint density at radius 2 is 1.94 bits per heavy atom. The molecule has 7 heteroatoms. The van der Waals surface area contributed by atoms with Crippen molar-refractivity contribution in [2.45, 2.75) is 46.1 Å². The number of nitrogens with two attached hydrogens (primary N) is 1. The van der Waals surface area contributed by atoms with Crippen molar-refractivity contribution in [2.75, 3.05) is 18.0 Å². The Hall–Kier alpha value is -3.06. The highest BCUT2D eigenvalue weighted by molar-refractivity contribution is 5.85. The standard InChI is InChI=1S/C25H26FN5O/c1-13-7-17(10-28-15(13)3)32-24-29-20-9-18-14(2)6-16(26)8-19(18)22(20)23(30-24)31-11-21(27)25(12-31)4-5-25/h6-8,10,21H,4-5,9,11-12,27H2,1-3H3/t21-/m0/s1. The molecule has 2 aliphatic carbocycles. The number of hydrogen-bond acceptors (Lipinski definition) is 6. The van der Waals surface area contributed by atoms with Crippen molar-refractivity contribution >= 4 is 5.82 Å². The monoisotopic (exact) mass is 431 g/mol. The number of rotatable bonds is 3. The minimum atomic E-state index is -0.238. The van der Waals surface area contributed by atoms with Gasteiger partial charge in [0.2, 0.25) is 0 Å². The van der Waals surface area contributed by atoms with Crippen molar-refractivity contribution in [3.8, 4) is 22.9 Å². The predicted octanol–water partition coefficient (Wildman–Crippen LogP) is 4.23. The molecular weight excluding hydrogens is 405 g/mol. The van der Waals surface area contributed by atoms with Crippen molar-refractivity contribution in [3.05, 3.63) is 58.3 Å². The van der Waals surface area contributed by atoms with E-state index in [9.17, 15) is 4.39 Å². The molecule has 164 valence electrons. The molecule has 3 aliphatic rings. The van der Waals surface area contributed by atoms with Gasteiger partial charge in [0, 0.05) is 42.2 Å². The number of fused-ring (bicyclic) bond motifs is 3. The molecule has 32 heavy (non-hydrogen) atoms. The summed E-state index contributed by atoms with van der Waals surface area (Å²) in [5, 5.41) is 0. The van der Waals surface area contributed by atoms with Crippen molar-refractivity contribution in [1.82, 2.24) is 15.0 Å². The van der Waals surface area contributed by atoms with Gasteiger partial charge in [-0.05, 0) is 74.1 Å². The topological polar surface area (TPSA) is 77.2 Å². The molecule has 1 saturated carbocycles.